The van der Waals surface area contributed by atoms with Gasteiger partial charge in [-0.15, -0.1) is 0 Å². The van der Waals surface area contributed by atoms with E-state index in [9.17, 15) is 13.2 Å². The van der Waals surface area contributed by atoms with Crippen LogP contribution >= 0.6 is 0 Å². The summed E-state index contributed by atoms with van der Waals surface area (Å²) in [5.41, 5.74) is 0.992. The number of benzene rings is 1. The quantitative estimate of drug-likeness (QED) is 0.862. The highest BCUT2D eigenvalue weighted by Gasteiger charge is 2.27. The molecule has 0 aliphatic carbocycles. The molecule has 1 aromatic rings. The van der Waals surface area contributed by atoms with Crippen LogP contribution in [0.3, 0.4) is 0 Å². The fourth-order valence-electron chi connectivity index (χ4n) is 2.63. The number of amides is 1. The molecule has 21 heavy (non-hydrogen) atoms. The van der Waals surface area contributed by atoms with Gasteiger partial charge in [0.1, 0.15) is 0 Å². The van der Waals surface area contributed by atoms with Crippen LogP contribution < -0.4 is 5.32 Å². The molecular formula is C15H22N2O3S. The number of nitrogens with zero attached hydrogens (tertiary/aromatic N) is 1. The Morgan fingerprint density at radius 3 is 2.62 bits per heavy atom. The minimum atomic E-state index is -3.08. The van der Waals surface area contributed by atoms with Crippen LogP contribution in [0.15, 0.2) is 30.3 Å². The Bertz CT molecular complexity index is 572. The summed E-state index contributed by atoms with van der Waals surface area (Å²) in [5, 5.41) is 2.85. The normalized spacial score (nSPS) is 19.3. The third-order valence-corrected chi connectivity index (χ3v) is 5.75. The molecule has 1 aliphatic heterocycles. The number of carbonyl (C=O) groups is 1. The molecule has 2 rings (SSSR count). The zero-order valence-corrected chi connectivity index (χ0v) is 13.1. The first-order chi connectivity index (χ1) is 10.0. The summed E-state index contributed by atoms with van der Waals surface area (Å²) in [6.07, 6.45) is 1.40. The Kier molecular flexibility index (Phi) is 5.36. The number of nitrogens with one attached hydrogen (secondary N) is 1. The van der Waals surface area contributed by atoms with E-state index in [2.05, 4.69) is 5.32 Å². The second-order valence-corrected chi connectivity index (χ2v) is 7.32. The highest BCUT2D eigenvalue weighted by Crippen LogP contribution is 2.19. The lowest BCUT2D eigenvalue weighted by molar-refractivity contribution is -0.122. The van der Waals surface area contributed by atoms with Crippen LogP contribution in [0.1, 0.15) is 31.2 Å². The van der Waals surface area contributed by atoms with E-state index < -0.39 is 10.0 Å². The van der Waals surface area contributed by atoms with Gasteiger partial charge in [0.25, 0.3) is 0 Å². The van der Waals surface area contributed by atoms with Crippen molar-refractivity contribution in [3.63, 3.8) is 0 Å². The smallest absolute Gasteiger partial charge is 0.227 e. The Hall–Kier alpha value is -1.40. The molecule has 0 spiro atoms. The van der Waals surface area contributed by atoms with Crippen LogP contribution in [0, 0.1) is 0 Å². The summed E-state index contributed by atoms with van der Waals surface area (Å²) in [5.74, 6) is 0.00408. The molecule has 1 saturated heterocycles. The summed E-state index contributed by atoms with van der Waals surface area (Å²) < 4.78 is 24.8. The summed E-state index contributed by atoms with van der Waals surface area (Å²) in [7, 11) is -3.08. The molecule has 1 aliphatic rings. The monoisotopic (exact) mass is 310 g/mol. The van der Waals surface area contributed by atoms with Gasteiger partial charge in [0, 0.05) is 19.6 Å². The van der Waals surface area contributed by atoms with Crippen LogP contribution in [0.5, 0.6) is 0 Å². The Morgan fingerprint density at radius 2 is 2.05 bits per heavy atom. The van der Waals surface area contributed by atoms with E-state index in [1.165, 1.54) is 4.31 Å². The van der Waals surface area contributed by atoms with E-state index in [1.807, 2.05) is 37.3 Å². The van der Waals surface area contributed by atoms with E-state index in [4.69, 9.17) is 0 Å². The molecule has 5 nitrogen and oxygen atoms in total. The van der Waals surface area contributed by atoms with Crippen molar-refractivity contribution in [1.82, 2.24) is 9.62 Å². The molecule has 1 N–H and O–H groups in total. The van der Waals surface area contributed by atoms with E-state index in [0.29, 0.717) is 26.1 Å². The molecule has 1 heterocycles. The van der Waals surface area contributed by atoms with Crippen LogP contribution in [0.2, 0.25) is 0 Å². The summed E-state index contributed by atoms with van der Waals surface area (Å²) in [6, 6.07) is 9.65. The topological polar surface area (TPSA) is 66.5 Å². The lowest BCUT2D eigenvalue weighted by Crippen LogP contribution is -2.37. The van der Waals surface area contributed by atoms with Gasteiger partial charge in [-0.3, -0.25) is 4.79 Å². The molecule has 0 unspecified atom stereocenters. The van der Waals surface area contributed by atoms with Crippen LogP contribution in [0.25, 0.3) is 0 Å². The van der Waals surface area contributed by atoms with Crippen LogP contribution in [0.4, 0.5) is 0 Å². The lowest BCUT2D eigenvalue weighted by atomic mass is 9.96. The van der Waals surface area contributed by atoms with Crippen molar-refractivity contribution < 1.29 is 13.2 Å². The van der Waals surface area contributed by atoms with Gasteiger partial charge in [-0.2, -0.15) is 0 Å². The van der Waals surface area contributed by atoms with Gasteiger partial charge >= 0.3 is 0 Å². The fraction of sp³-hybridized carbons (Fsp3) is 0.533. The Morgan fingerprint density at radius 1 is 1.33 bits per heavy atom. The SMILES string of the molecule is CC[C@@H](C(=O)NCCN1CCCS1(=O)=O)c1ccccc1. The zero-order chi connectivity index (χ0) is 15.3. The Balaban J connectivity index is 1.86. The molecule has 0 radical (unpaired) electrons. The van der Waals surface area contributed by atoms with Gasteiger partial charge in [0.05, 0.1) is 11.7 Å². The molecule has 6 heteroatoms. The molecule has 1 atom stereocenters. The van der Waals surface area contributed by atoms with Crippen molar-refractivity contribution in [1.29, 1.82) is 0 Å². The second kappa shape index (κ2) is 7.04. The van der Waals surface area contributed by atoms with Gasteiger partial charge in [0.2, 0.25) is 15.9 Å². The van der Waals surface area contributed by atoms with Crippen molar-refractivity contribution in [2.24, 2.45) is 0 Å². The van der Waals surface area contributed by atoms with Crippen molar-refractivity contribution in [2.75, 3.05) is 25.4 Å². The predicted octanol–water partition coefficient (Wildman–Crippen LogP) is 1.33. The van der Waals surface area contributed by atoms with Crippen LogP contribution in [-0.4, -0.2) is 44.0 Å². The van der Waals surface area contributed by atoms with E-state index >= 15 is 0 Å². The Labute approximate surface area is 126 Å². The molecule has 0 bridgehead atoms. The number of sulfonamides is 1. The average Bonchev–Trinajstić information content (AvgIpc) is 2.80. The maximum Gasteiger partial charge on any atom is 0.227 e. The van der Waals surface area contributed by atoms with Gasteiger partial charge in [-0.05, 0) is 18.4 Å². The van der Waals surface area contributed by atoms with Crippen molar-refractivity contribution in [2.45, 2.75) is 25.7 Å². The van der Waals surface area contributed by atoms with E-state index in [0.717, 1.165) is 12.0 Å². The number of rotatable bonds is 6. The molecule has 0 saturated carbocycles. The van der Waals surface area contributed by atoms with E-state index in [1.54, 1.807) is 0 Å². The molecule has 116 valence electrons. The third kappa shape index (κ3) is 4.04. The number of carbonyl (C=O) groups excluding carboxylic acids is 1. The first-order valence-corrected chi connectivity index (χ1v) is 8.96. The maximum atomic E-state index is 12.2. The van der Waals surface area contributed by atoms with E-state index in [-0.39, 0.29) is 17.6 Å². The zero-order valence-electron chi connectivity index (χ0n) is 12.3. The minimum Gasteiger partial charge on any atom is -0.354 e. The maximum absolute atomic E-state index is 12.2. The molecule has 1 fully saturated rings. The molecule has 1 aromatic carbocycles. The lowest BCUT2D eigenvalue weighted by Gasteiger charge is -2.18. The van der Waals surface area contributed by atoms with Gasteiger partial charge < -0.3 is 5.32 Å². The largest absolute Gasteiger partial charge is 0.354 e. The van der Waals surface area contributed by atoms with Crippen molar-refractivity contribution in [3.05, 3.63) is 35.9 Å². The standard InChI is InChI=1S/C15H22N2O3S/c1-2-14(13-7-4-3-5-8-13)15(18)16-9-11-17-10-6-12-21(17,19)20/h3-5,7-8,14H,2,6,9-12H2,1H3,(H,16,18)/t14-/m1/s1. The average molecular weight is 310 g/mol. The van der Waals surface area contributed by atoms with Gasteiger partial charge in [-0.1, -0.05) is 37.3 Å². The molecular weight excluding hydrogens is 288 g/mol. The highest BCUT2D eigenvalue weighted by atomic mass is 32.2. The van der Waals surface area contributed by atoms with Crippen molar-refractivity contribution >= 4 is 15.9 Å². The van der Waals surface area contributed by atoms with Gasteiger partial charge in [0.15, 0.2) is 0 Å². The van der Waals surface area contributed by atoms with Gasteiger partial charge in [-0.25, -0.2) is 12.7 Å². The third-order valence-electron chi connectivity index (χ3n) is 3.79. The summed E-state index contributed by atoms with van der Waals surface area (Å²) in [6.45, 7) is 3.26. The molecule has 1 amide bonds. The van der Waals surface area contributed by atoms with Crippen LogP contribution in [-0.2, 0) is 14.8 Å². The summed E-state index contributed by atoms with van der Waals surface area (Å²) >= 11 is 0. The van der Waals surface area contributed by atoms with Crippen molar-refractivity contribution in [3.8, 4) is 0 Å². The first kappa shape index (κ1) is 16.0. The minimum absolute atomic E-state index is 0.0414. The number of hydrogen-bond donors (Lipinski definition) is 1. The predicted molar refractivity (Wildman–Crippen MR) is 82.5 cm³/mol. The highest BCUT2D eigenvalue weighted by molar-refractivity contribution is 7.89. The fourth-order valence-corrected chi connectivity index (χ4v) is 4.16. The summed E-state index contributed by atoms with van der Waals surface area (Å²) in [4.78, 5) is 12.2. The second-order valence-electron chi connectivity index (χ2n) is 5.23. The molecule has 0 aromatic heterocycles. The number of hydrogen-bond acceptors (Lipinski definition) is 3. The first-order valence-electron chi connectivity index (χ1n) is 7.35.